The van der Waals surface area contributed by atoms with Gasteiger partial charge in [0.2, 0.25) is 0 Å². The van der Waals surface area contributed by atoms with Crippen LogP contribution >= 0.6 is 27.5 Å². The van der Waals surface area contributed by atoms with Gasteiger partial charge in [-0.3, -0.25) is 9.40 Å². The Kier molecular flexibility index (Phi) is 5.41. The third-order valence-electron chi connectivity index (χ3n) is 4.02. The lowest BCUT2D eigenvalue weighted by Crippen LogP contribution is -2.14. The highest BCUT2D eigenvalue weighted by Gasteiger charge is 2.20. The molecule has 1 aromatic heterocycles. The molecule has 0 aliphatic rings. The Hall–Kier alpha value is -1.83. The fourth-order valence-corrected chi connectivity index (χ4v) is 4.23. The van der Waals surface area contributed by atoms with Crippen molar-refractivity contribution in [1.82, 2.24) is 9.78 Å². The van der Waals surface area contributed by atoms with Crippen LogP contribution in [-0.4, -0.2) is 18.2 Å². The van der Waals surface area contributed by atoms with Gasteiger partial charge in [0, 0.05) is 9.50 Å². The van der Waals surface area contributed by atoms with E-state index < -0.39 is 10.0 Å². The van der Waals surface area contributed by atoms with Gasteiger partial charge in [-0.05, 0) is 49.7 Å². The lowest BCUT2D eigenvalue weighted by Gasteiger charge is -2.10. The van der Waals surface area contributed by atoms with Gasteiger partial charge in [0.25, 0.3) is 10.0 Å². The minimum atomic E-state index is -3.69. The first-order valence-corrected chi connectivity index (χ1v) is 10.5. The molecule has 0 spiro atoms. The van der Waals surface area contributed by atoms with E-state index in [-0.39, 0.29) is 4.90 Å². The molecular weight excluding hydrogens is 438 g/mol. The molecule has 1 heterocycles. The third-order valence-corrected chi connectivity index (χ3v) is 6.28. The Balaban J connectivity index is 1.91. The Morgan fingerprint density at radius 3 is 2.42 bits per heavy atom. The maximum atomic E-state index is 12.7. The van der Waals surface area contributed by atoms with Crippen LogP contribution in [0.1, 0.15) is 17.0 Å². The normalized spacial score (nSPS) is 11.5. The molecule has 26 heavy (non-hydrogen) atoms. The third kappa shape index (κ3) is 3.95. The monoisotopic (exact) mass is 453 g/mol. The number of nitrogens with one attached hydrogen (secondary N) is 1. The lowest BCUT2D eigenvalue weighted by atomic mass is 10.2. The Morgan fingerprint density at radius 1 is 1.12 bits per heavy atom. The molecule has 0 amide bonds. The first kappa shape index (κ1) is 18.9. The summed E-state index contributed by atoms with van der Waals surface area (Å²) in [5, 5.41) is 5.11. The summed E-state index contributed by atoms with van der Waals surface area (Å²) < 4.78 is 30.5. The molecular formula is C18H17BrClN3O2S. The van der Waals surface area contributed by atoms with Crippen molar-refractivity contribution >= 4 is 43.2 Å². The average molecular weight is 455 g/mol. The topological polar surface area (TPSA) is 64.0 Å². The van der Waals surface area contributed by atoms with Crippen LogP contribution < -0.4 is 4.72 Å². The van der Waals surface area contributed by atoms with Gasteiger partial charge < -0.3 is 0 Å². The molecule has 5 nitrogen and oxygen atoms in total. The first-order chi connectivity index (χ1) is 12.3. The summed E-state index contributed by atoms with van der Waals surface area (Å²) in [6, 6.07) is 14.0. The molecule has 0 atom stereocenters. The molecule has 136 valence electrons. The lowest BCUT2D eigenvalue weighted by molar-refractivity contribution is 0.601. The van der Waals surface area contributed by atoms with E-state index in [0.29, 0.717) is 22.9 Å². The maximum absolute atomic E-state index is 12.7. The minimum Gasteiger partial charge on any atom is -0.276 e. The van der Waals surface area contributed by atoms with E-state index >= 15 is 0 Å². The molecule has 1 N–H and O–H groups in total. The van der Waals surface area contributed by atoms with Crippen LogP contribution in [0, 0.1) is 13.8 Å². The summed E-state index contributed by atoms with van der Waals surface area (Å²) in [6.07, 6.45) is 0. The fraction of sp³-hybridized carbons (Fsp3) is 0.167. The van der Waals surface area contributed by atoms with Crippen LogP contribution in [0.5, 0.6) is 0 Å². The number of sulfonamides is 1. The van der Waals surface area contributed by atoms with Crippen LogP contribution in [0.4, 0.5) is 5.69 Å². The van der Waals surface area contributed by atoms with Crippen molar-refractivity contribution in [2.45, 2.75) is 25.3 Å². The fourth-order valence-electron chi connectivity index (χ4n) is 2.59. The van der Waals surface area contributed by atoms with E-state index in [1.807, 2.05) is 31.2 Å². The van der Waals surface area contributed by atoms with E-state index in [2.05, 4.69) is 25.8 Å². The van der Waals surface area contributed by atoms with Crippen LogP contribution in [0.2, 0.25) is 5.02 Å². The van der Waals surface area contributed by atoms with Gasteiger partial charge in [-0.1, -0.05) is 45.7 Å². The first-order valence-electron chi connectivity index (χ1n) is 7.84. The molecule has 0 unspecified atom stereocenters. The number of aryl methyl sites for hydroxylation is 1. The van der Waals surface area contributed by atoms with Crippen LogP contribution in [0.15, 0.2) is 57.9 Å². The minimum absolute atomic E-state index is 0.193. The van der Waals surface area contributed by atoms with Gasteiger partial charge in [-0.25, -0.2) is 8.42 Å². The molecule has 3 aromatic rings. The SMILES string of the molecule is Cc1nn(Cc2ccccc2Cl)c(C)c1NS(=O)(=O)c1ccc(Br)cc1. The van der Waals surface area contributed by atoms with Gasteiger partial charge in [-0.15, -0.1) is 0 Å². The molecule has 2 aromatic carbocycles. The Morgan fingerprint density at radius 2 is 1.77 bits per heavy atom. The number of rotatable bonds is 5. The van der Waals surface area contributed by atoms with E-state index in [4.69, 9.17) is 11.6 Å². The zero-order chi connectivity index (χ0) is 18.9. The number of anilines is 1. The number of aromatic nitrogens is 2. The van der Waals surface area contributed by atoms with Gasteiger partial charge in [-0.2, -0.15) is 5.10 Å². The average Bonchev–Trinajstić information content (AvgIpc) is 2.84. The second-order valence-electron chi connectivity index (χ2n) is 5.85. The molecule has 8 heteroatoms. The van der Waals surface area contributed by atoms with Crippen LogP contribution in [0.3, 0.4) is 0 Å². The Labute approximate surface area is 166 Å². The standard InChI is InChI=1S/C18H17BrClN3O2S/c1-12-18(22-26(24,25)16-9-7-15(19)8-10-16)13(2)23(21-12)11-14-5-3-4-6-17(14)20/h3-10,22H,11H2,1-2H3. The van der Waals surface area contributed by atoms with Crippen LogP contribution in [0.25, 0.3) is 0 Å². The molecule has 0 aliphatic heterocycles. The van der Waals surface area contributed by atoms with E-state index in [1.54, 1.807) is 35.9 Å². The van der Waals surface area contributed by atoms with Crippen molar-refractivity contribution in [3.05, 3.63) is 75.0 Å². The van der Waals surface area contributed by atoms with Crippen molar-refractivity contribution in [2.75, 3.05) is 4.72 Å². The summed E-state index contributed by atoms with van der Waals surface area (Å²) in [5.74, 6) is 0. The maximum Gasteiger partial charge on any atom is 0.262 e. The van der Waals surface area contributed by atoms with Gasteiger partial charge >= 0.3 is 0 Å². The largest absolute Gasteiger partial charge is 0.276 e. The number of halogens is 2. The second-order valence-corrected chi connectivity index (χ2v) is 8.86. The zero-order valence-electron chi connectivity index (χ0n) is 14.2. The highest BCUT2D eigenvalue weighted by atomic mass is 79.9. The van der Waals surface area contributed by atoms with Gasteiger partial charge in [0.05, 0.1) is 28.5 Å². The molecule has 0 saturated heterocycles. The number of hydrogen-bond donors (Lipinski definition) is 1. The van der Waals surface area contributed by atoms with Crippen molar-refractivity contribution < 1.29 is 8.42 Å². The van der Waals surface area contributed by atoms with Crippen molar-refractivity contribution in [1.29, 1.82) is 0 Å². The highest BCUT2D eigenvalue weighted by molar-refractivity contribution is 9.10. The summed E-state index contributed by atoms with van der Waals surface area (Å²) in [7, 11) is -3.69. The number of nitrogens with zero attached hydrogens (tertiary/aromatic N) is 2. The zero-order valence-corrected chi connectivity index (χ0v) is 17.4. The summed E-state index contributed by atoms with van der Waals surface area (Å²) in [5.41, 5.74) is 2.74. The molecule has 0 saturated carbocycles. The number of benzene rings is 2. The molecule has 0 fully saturated rings. The van der Waals surface area contributed by atoms with Crippen molar-refractivity contribution in [3.63, 3.8) is 0 Å². The van der Waals surface area contributed by atoms with Crippen molar-refractivity contribution in [2.24, 2.45) is 0 Å². The molecule has 3 rings (SSSR count). The summed E-state index contributed by atoms with van der Waals surface area (Å²) in [4.78, 5) is 0.193. The van der Waals surface area contributed by atoms with Crippen LogP contribution in [-0.2, 0) is 16.6 Å². The van der Waals surface area contributed by atoms with Crippen molar-refractivity contribution in [3.8, 4) is 0 Å². The predicted octanol–water partition coefficient (Wildman–Crippen LogP) is 4.76. The predicted molar refractivity (Wildman–Crippen MR) is 107 cm³/mol. The number of hydrogen-bond acceptors (Lipinski definition) is 3. The van der Waals surface area contributed by atoms with Gasteiger partial charge in [0.15, 0.2) is 0 Å². The summed E-state index contributed by atoms with van der Waals surface area (Å²) >= 11 is 9.52. The highest BCUT2D eigenvalue weighted by Crippen LogP contribution is 2.25. The Bertz CT molecular complexity index is 1050. The summed E-state index contributed by atoms with van der Waals surface area (Å²) in [6.45, 7) is 4.07. The van der Waals surface area contributed by atoms with Gasteiger partial charge in [0.1, 0.15) is 0 Å². The molecule has 0 radical (unpaired) electrons. The smallest absolute Gasteiger partial charge is 0.262 e. The molecule has 0 bridgehead atoms. The molecule has 0 aliphatic carbocycles. The van der Waals surface area contributed by atoms with E-state index in [9.17, 15) is 8.42 Å². The van der Waals surface area contributed by atoms with E-state index in [1.165, 1.54) is 0 Å². The van der Waals surface area contributed by atoms with E-state index in [0.717, 1.165) is 15.7 Å². The second kappa shape index (κ2) is 7.42. The quantitative estimate of drug-likeness (QED) is 0.604.